The van der Waals surface area contributed by atoms with Crippen molar-refractivity contribution in [3.8, 4) is 11.5 Å². The number of nitrogens with zero attached hydrogens (tertiary/aromatic N) is 3. The Morgan fingerprint density at radius 1 is 1.40 bits per heavy atom. The zero-order valence-electron chi connectivity index (χ0n) is 14.2. The Labute approximate surface area is 144 Å². The number of amides is 2. The molecular weight excluding hydrogens is 326 g/mol. The molecule has 9 heteroatoms. The summed E-state index contributed by atoms with van der Waals surface area (Å²) >= 11 is 0. The Hall–Kier alpha value is -3.10. The first-order chi connectivity index (χ1) is 12.0. The van der Waals surface area contributed by atoms with E-state index in [2.05, 4.69) is 20.7 Å². The maximum absolute atomic E-state index is 12.4. The maximum atomic E-state index is 12.4. The molecule has 1 aliphatic heterocycles. The molecule has 0 aliphatic carbocycles. The first kappa shape index (κ1) is 16.7. The highest BCUT2D eigenvalue weighted by atomic mass is 16.5. The van der Waals surface area contributed by atoms with Crippen LogP contribution in [-0.4, -0.2) is 40.8 Å². The van der Waals surface area contributed by atoms with Gasteiger partial charge in [-0.1, -0.05) is 0 Å². The Morgan fingerprint density at radius 3 is 2.92 bits per heavy atom. The third kappa shape index (κ3) is 3.54. The van der Waals surface area contributed by atoms with E-state index in [0.29, 0.717) is 35.5 Å². The van der Waals surface area contributed by atoms with Gasteiger partial charge in [0.25, 0.3) is 0 Å². The van der Waals surface area contributed by atoms with E-state index in [4.69, 9.17) is 9.47 Å². The van der Waals surface area contributed by atoms with Crippen molar-refractivity contribution >= 4 is 23.5 Å². The van der Waals surface area contributed by atoms with Crippen LogP contribution in [0.25, 0.3) is 0 Å². The standard InChI is InChI=1S/C16H19N5O4/c1-9-17-16-19-15(23)10(8-21(16)20-9)6-14(22)18-12-7-11(24-2)4-5-13(12)25-3/h4-5,7,10H,6,8H2,1-3H3,(H,18,22)(H,17,19,20,23)/t10-/m0/s1. The van der Waals surface area contributed by atoms with Gasteiger partial charge in [-0.25, -0.2) is 4.68 Å². The highest BCUT2D eigenvalue weighted by Crippen LogP contribution is 2.29. The van der Waals surface area contributed by atoms with E-state index in [1.54, 1.807) is 29.8 Å². The van der Waals surface area contributed by atoms with E-state index in [1.165, 1.54) is 14.2 Å². The normalized spacial score (nSPS) is 16.0. The summed E-state index contributed by atoms with van der Waals surface area (Å²) in [6.45, 7) is 2.05. The second kappa shape index (κ2) is 6.80. The Bertz CT molecular complexity index is 817. The van der Waals surface area contributed by atoms with Gasteiger partial charge in [0.15, 0.2) is 0 Å². The smallest absolute Gasteiger partial charge is 0.232 e. The molecule has 0 spiro atoms. The molecule has 0 radical (unpaired) electrons. The van der Waals surface area contributed by atoms with E-state index < -0.39 is 5.92 Å². The highest BCUT2D eigenvalue weighted by molar-refractivity contribution is 5.98. The van der Waals surface area contributed by atoms with Crippen LogP contribution in [0.15, 0.2) is 18.2 Å². The lowest BCUT2D eigenvalue weighted by Crippen LogP contribution is -2.36. The molecule has 9 nitrogen and oxygen atoms in total. The van der Waals surface area contributed by atoms with Crippen molar-refractivity contribution < 1.29 is 19.1 Å². The van der Waals surface area contributed by atoms with E-state index in [-0.39, 0.29) is 18.2 Å². The van der Waals surface area contributed by atoms with Gasteiger partial charge in [0.1, 0.15) is 17.3 Å². The molecule has 2 heterocycles. The molecule has 0 unspecified atom stereocenters. The van der Waals surface area contributed by atoms with Crippen molar-refractivity contribution in [3.63, 3.8) is 0 Å². The summed E-state index contributed by atoms with van der Waals surface area (Å²) < 4.78 is 12.0. The van der Waals surface area contributed by atoms with E-state index in [0.717, 1.165) is 0 Å². The average Bonchev–Trinajstić information content (AvgIpc) is 2.93. The summed E-state index contributed by atoms with van der Waals surface area (Å²) in [5.41, 5.74) is 0.486. The minimum Gasteiger partial charge on any atom is -0.497 e. The first-order valence-electron chi connectivity index (χ1n) is 7.74. The van der Waals surface area contributed by atoms with Crippen molar-refractivity contribution in [1.29, 1.82) is 0 Å². The van der Waals surface area contributed by atoms with Gasteiger partial charge in [-0.2, -0.15) is 10.1 Å². The number of carbonyl (C=O) groups excluding carboxylic acids is 2. The van der Waals surface area contributed by atoms with Crippen LogP contribution in [-0.2, 0) is 16.1 Å². The SMILES string of the molecule is COc1ccc(OC)c(NC(=O)C[C@H]2Cn3nc(C)nc3NC2=O)c1. The zero-order chi connectivity index (χ0) is 18.0. The van der Waals surface area contributed by atoms with Crippen LogP contribution in [0.1, 0.15) is 12.2 Å². The predicted octanol–water partition coefficient (Wildman–Crippen LogP) is 1.20. The van der Waals surface area contributed by atoms with Gasteiger partial charge in [-0.15, -0.1) is 0 Å². The van der Waals surface area contributed by atoms with Crippen molar-refractivity contribution in [3.05, 3.63) is 24.0 Å². The molecule has 132 valence electrons. The number of hydrogen-bond donors (Lipinski definition) is 2. The molecule has 0 saturated carbocycles. The summed E-state index contributed by atoms with van der Waals surface area (Å²) in [6.07, 6.45) is 0.0184. The Morgan fingerprint density at radius 2 is 2.20 bits per heavy atom. The van der Waals surface area contributed by atoms with Crippen LogP contribution in [0.4, 0.5) is 11.6 Å². The number of methoxy groups -OCH3 is 2. The highest BCUT2D eigenvalue weighted by Gasteiger charge is 2.30. The number of ether oxygens (including phenoxy) is 2. The minimum atomic E-state index is -0.523. The van der Waals surface area contributed by atoms with Gasteiger partial charge < -0.3 is 14.8 Å². The van der Waals surface area contributed by atoms with Crippen molar-refractivity contribution in [2.24, 2.45) is 5.92 Å². The fourth-order valence-electron chi connectivity index (χ4n) is 2.67. The lowest BCUT2D eigenvalue weighted by atomic mass is 10.0. The molecule has 1 aromatic heterocycles. The fourth-order valence-corrected chi connectivity index (χ4v) is 2.67. The first-order valence-corrected chi connectivity index (χ1v) is 7.74. The van der Waals surface area contributed by atoms with Crippen LogP contribution < -0.4 is 20.1 Å². The molecule has 0 bridgehead atoms. The molecule has 25 heavy (non-hydrogen) atoms. The zero-order valence-corrected chi connectivity index (χ0v) is 14.2. The number of aromatic nitrogens is 3. The third-order valence-corrected chi connectivity index (χ3v) is 3.89. The summed E-state index contributed by atoms with van der Waals surface area (Å²) in [5, 5.41) is 9.63. The Kier molecular flexibility index (Phi) is 4.55. The molecule has 1 atom stereocenters. The van der Waals surface area contributed by atoms with Crippen LogP contribution >= 0.6 is 0 Å². The third-order valence-electron chi connectivity index (χ3n) is 3.89. The number of hydrogen-bond acceptors (Lipinski definition) is 6. The lowest BCUT2D eigenvalue weighted by Gasteiger charge is -2.22. The summed E-state index contributed by atoms with van der Waals surface area (Å²) in [4.78, 5) is 28.7. The van der Waals surface area contributed by atoms with Crippen LogP contribution in [0.5, 0.6) is 11.5 Å². The van der Waals surface area contributed by atoms with E-state index in [1.807, 2.05) is 0 Å². The molecule has 1 aliphatic rings. The molecule has 0 saturated heterocycles. The van der Waals surface area contributed by atoms with Gasteiger partial charge in [0.2, 0.25) is 17.8 Å². The largest absolute Gasteiger partial charge is 0.497 e. The number of benzene rings is 1. The van der Waals surface area contributed by atoms with Gasteiger partial charge in [-0.05, 0) is 19.1 Å². The van der Waals surface area contributed by atoms with Crippen molar-refractivity contribution in [1.82, 2.24) is 14.8 Å². The van der Waals surface area contributed by atoms with Crippen LogP contribution in [0.2, 0.25) is 0 Å². The van der Waals surface area contributed by atoms with Gasteiger partial charge in [0.05, 0.1) is 32.4 Å². The number of aryl methyl sites for hydroxylation is 1. The summed E-state index contributed by atoms with van der Waals surface area (Å²) in [7, 11) is 3.05. The monoisotopic (exact) mass is 345 g/mol. The second-order valence-electron chi connectivity index (χ2n) is 5.67. The molecule has 1 aromatic carbocycles. The minimum absolute atomic E-state index is 0.0184. The topological polar surface area (TPSA) is 107 Å². The van der Waals surface area contributed by atoms with Crippen LogP contribution in [0, 0.1) is 12.8 Å². The number of anilines is 2. The predicted molar refractivity (Wildman–Crippen MR) is 89.7 cm³/mol. The lowest BCUT2D eigenvalue weighted by molar-refractivity contribution is -0.126. The van der Waals surface area contributed by atoms with Crippen molar-refractivity contribution in [2.45, 2.75) is 19.9 Å². The average molecular weight is 345 g/mol. The molecular formula is C16H19N5O4. The van der Waals surface area contributed by atoms with Gasteiger partial charge in [-0.3, -0.25) is 14.9 Å². The molecule has 2 amide bonds. The van der Waals surface area contributed by atoms with Crippen molar-refractivity contribution in [2.75, 3.05) is 24.9 Å². The number of rotatable bonds is 5. The number of carbonyl (C=O) groups is 2. The van der Waals surface area contributed by atoms with E-state index in [9.17, 15) is 9.59 Å². The van der Waals surface area contributed by atoms with Crippen LogP contribution in [0.3, 0.4) is 0 Å². The van der Waals surface area contributed by atoms with Gasteiger partial charge >= 0.3 is 0 Å². The number of fused-ring (bicyclic) bond motifs is 1. The summed E-state index contributed by atoms with van der Waals surface area (Å²) in [6, 6.07) is 5.10. The number of nitrogens with one attached hydrogen (secondary N) is 2. The second-order valence-corrected chi connectivity index (χ2v) is 5.67. The Balaban J connectivity index is 1.70. The molecule has 3 rings (SSSR count). The molecule has 2 aromatic rings. The van der Waals surface area contributed by atoms with Gasteiger partial charge in [0, 0.05) is 12.5 Å². The molecule has 0 fully saturated rings. The quantitative estimate of drug-likeness (QED) is 0.843. The van der Waals surface area contributed by atoms with E-state index >= 15 is 0 Å². The molecule has 2 N–H and O–H groups in total. The fraction of sp³-hybridized carbons (Fsp3) is 0.375. The summed E-state index contributed by atoms with van der Waals surface area (Å²) in [5.74, 6) is 1.02. The maximum Gasteiger partial charge on any atom is 0.232 e.